The van der Waals surface area contributed by atoms with E-state index in [1.54, 1.807) is 6.07 Å². The molecule has 0 bridgehead atoms. The van der Waals surface area contributed by atoms with Crippen LogP contribution in [0.15, 0.2) is 42.5 Å². The van der Waals surface area contributed by atoms with Gasteiger partial charge in [-0.15, -0.1) is 0 Å². The Hall–Kier alpha value is -2.36. The number of hydrogen-bond acceptors (Lipinski definition) is 4. The monoisotopic (exact) mass is 531 g/mol. The lowest BCUT2D eigenvalue weighted by Crippen LogP contribution is -2.51. The average molecular weight is 532 g/mol. The average Bonchev–Trinajstić information content (AvgIpc) is 2.74. The summed E-state index contributed by atoms with van der Waals surface area (Å²) >= 11 is 12.1. The predicted molar refractivity (Wildman–Crippen MR) is 133 cm³/mol. The summed E-state index contributed by atoms with van der Waals surface area (Å²) in [6.45, 7) is 4.87. The molecular formula is C23H28Cl2FN3O4S. The highest BCUT2D eigenvalue weighted by Crippen LogP contribution is 2.30. The van der Waals surface area contributed by atoms with Crippen molar-refractivity contribution in [2.45, 2.75) is 33.4 Å². The second-order valence-corrected chi connectivity index (χ2v) is 11.0. The molecule has 0 aliphatic carbocycles. The van der Waals surface area contributed by atoms with Crippen LogP contribution in [0.1, 0.15) is 26.3 Å². The highest BCUT2D eigenvalue weighted by molar-refractivity contribution is 7.92. The number of benzene rings is 2. The van der Waals surface area contributed by atoms with Crippen LogP contribution in [0, 0.1) is 11.7 Å². The Labute approximate surface area is 209 Å². The van der Waals surface area contributed by atoms with Crippen molar-refractivity contribution in [2.75, 3.05) is 23.7 Å². The zero-order chi connectivity index (χ0) is 25.6. The third-order valence-electron chi connectivity index (χ3n) is 5.01. The number of halogens is 3. The van der Waals surface area contributed by atoms with Gasteiger partial charge in [-0.25, -0.2) is 12.8 Å². The quantitative estimate of drug-likeness (QED) is 0.500. The van der Waals surface area contributed by atoms with Crippen LogP contribution in [0.4, 0.5) is 10.1 Å². The minimum absolute atomic E-state index is 0.0362. The molecule has 0 aromatic heterocycles. The molecule has 0 aliphatic heterocycles. The number of sulfonamides is 1. The summed E-state index contributed by atoms with van der Waals surface area (Å²) < 4.78 is 40.3. The Kier molecular flexibility index (Phi) is 9.73. The first-order valence-electron chi connectivity index (χ1n) is 10.5. The van der Waals surface area contributed by atoms with E-state index in [0.717, 1.165) is 15.5 Å². The summed E-state index contributed by atoms with van der Waals surface area (Å²) in [6.07, 6.45) is 0.936. The van der Waals surface area contributed by atoms with E-state index < -0.39 is 40.2 Å². The number of carbonyl (C=O) groups is 2. The molecule has 0 saturated heterocycles. The molecule has 0 saturated carbocycles. The fourth-order valence-corrected chi connectivity index (χ4v) is 4.55. The molecule has 0 radical (unpaired) electrons. The van der Waals surface area contributed by atoms with Gasteiger partial charge in [0.1, 0.15) is 18.4 Å². The lowest BCUT2D eigenvalue weighted by Gasteiger charge is -2.32. The van der Waals surface area contributed by atoms with E-state index in [2.05, 4.69) is 5.32 Å². The molecule has 0 spiro atoms. The van der Waals surface area contributed by atoms with Gasteiger partial charge < -0.3 is 10.2 Å². The Morgan fingerprint density at radius 2 is 1.74 bits per heavy atom. The molecule has 1 N–H and O–H groups in total. The molecule has 2 aromatic carbocycles. The SMILES string of the molecule is CC(C)CNC(=O)[C@@H](C)N(Cc1ccccc1F)C(=O)CN(c1ccc(Cl)cc1Cl)S(C)(=O)=O. The first kappa shape index (κ1) is 27.9. The fraction of sp³-hybridized carbons (Fsp3) is 0.391. The van der Waals surface area contributed by atoms with Crippen LogP contribution in [0.3, 0.4) is 0 Å². The number of hydrogen-bond donors (Lipinski definition) is 1. The zero-order valence-corrected chi connectivity index (χ0v) is 21.7. The van der Waals surface area contributed by atoms with Gasteiger partial charge in [0.25, 0.3) is 0 Å². The largest absolute Gasteiger partial charge is 0.354 e. The molecule has 0 fully saturated rings. The van der Waals surface area contributed by atoms with Crippen LogP contribution in [-0.4, -0.2) is 50.5 Å². The van der Waals surface area contributed by atoms with E-state index in [9.17, 15) is 22.4 Å². The van der Waals surface area contributed by atoms with Crippen molar-refractivity contribution >= 4 is 50.7 Å². The van der Waals surface area contributed by atoms with E-state index in [1.807, 2.05) is 13.8 Å². The number of nitrogens with one attached hydrogen (secondary N) is 1. The molecule has 2 rings (SSSR count). The van der Waals surface area contributed by atoms with Gasteiger partial charge in [-0.05, 0) is 37.1 Å². The zero-order valence-electron chi connectivity index (χ0n) is 19.4. The lowest BCUT2D eigenvalue weighted by molar-refractivity contribution is -0.139. The van der Waals surface area contributed by atoms with E-state index in [1.165, 1.54) is 43.3 Å². The number of rotatable bonds is 10. The Morgan fingerprint density at radius 1 is 1.09 bits per heavy atom. The van der Waals surface area contributed by atoms with Crippen molar-refractivity contribution in [1.29, 1.82) is 0 Å². The topological polar surface area (TPSA) is 86.8 Å². The first-order chi connectivity index (χ1) is 15.8. The Bertz CT molecular complexity index is 1140. The number of anilines is 1. The maximum atomic E-state index is 14.4. The van der Waals surface area contributed by atoms with Crippen molar-refractivity contribution in [3.63, 3.8) is 0 Å². The summed E-state index contributed by atoms with van der Waals surface area (Å²) in [7, 11) is -3.95. The highest BCUT2D eigenvalue weighted by atomic mass is 35.5. The maximum Gasteiger partial charge on any atom is 0.244 e. The van der Waals surface area contributed by atoms with E-state index in [4.69, 9.17) is 23.2 Å². The number of carbonyl (C=O) groups excluding carboxylic acids is 2. The normalized spacial score (nSPS) is 12.4. The van der Waals surface area contributed by atoms with Crippen LogP contribution in [0.25, 0.3) is 0 Å². The van der Waals surface area contributed by atoms with Gasteiger partial charge in [0.05, 0.1) is 17.0 Å². The third-order valence-corrected chi connectivity index (χ3v) is 6.67. The standard InChI is InChI=1S/C23H28Cl2FN3O4S/c1-15(2)12-27-23(31)16(3)28(13-17-7-5-6-8-20(17)26)22(30)14-29(34(4,32)33)21-10-9-18(24)11-19(21)25/h5-11,15-16H,12-14H2,1-4H3,(H,27,31)/t16-/m1/s1. The molecule has 186 valence electrons. The lowest BCUT2D eigenvalue weighted by atomic mass is 10.1. The van der Waals surface area contributed by atoms with Crippen LogP contribution in [0.2, 0.25) is 10.0 Å². The molecule has 0 unspecified atom stereocenters. The molecule has 2 aromatic rings. The van der Waals surface area contributed by atoms with Crippen molar-refractivity contribution in [3.05, 3.63) is 63.9 Å². The molecule has 0 heterocycles. The maximum absolute atomic E-state index is 14.4. The minimum atomic E-state index is -3.95. The van der Waals surface area contributed by atoms with Gasteiger partial charge in [-0.1, -0.05) is 55.2 Å². The Balaban J connectivity index is 2.41. The molecular weight excluding hydrogens is 504 g/mol. The molecule has 11 heteroatoms. The summed E-state index contributed by atoms with van der Waals surface area (Å²) in [4.78, 5) is 27.3. The van der Waals surface area contributed by atoms with E-state index in [-0.39, 0.29) is 28.7 Å². The van der Waals surface area contributed by atoms with Crippen molar-refractivity contribution in [1.82, 2.24) is 10.2 Å². The summed E-state index contributed by atoms with van der Waals surface area (Å²) in [6, 6.07) is 9.08. The summed E-state index contributed by atoms with van der Waals surface area (Å²) in [5.74, 6) is -1.50. The van der Waals surface area contributed by atoms with Crippen LogP contribution in [0.5, 0.6) is 0 Å². The molecule has 1 atom stereocenters. The van der Waals surface area contributed by atoms with Crippen LogP contribution in [-0.2, 0) is 26.2 Å². The third kappa shape index (κ3) is 7.58. The van der Waals surface area contributed by atoms with Crippen molar-refractivity contribution < 1.29 is 22.4 Å². The smallest absolute Gasteiger partial charge is 0.244 e. The molecule has 2 amide bonds. The minimum Gasteiger partial charge on any atom is -0.354 e. The molecule has 0 aliphatic rings. The van der Waals surface area contributed by atoms with Crippen LogP contribution >= 0.6 is 23.2 Å². The summed E-state index contributed by atoms with van der Waals surface area (Å²) in [5.41, 5.74) is 0.250. The van der Waals surface area contributed by atoms with Crippen molar-refractivity contribution in [3.8, 4) is 0 Å². The molecule has 7 nitrogen and oxygen atoms in total. The second kappa shape index (κ2) is 11.9. The second-order valence-electron chi connectivity index (χ2n) is 8.29. The first-order valence-corrected chi connectivity index (χ1v) is 13.1. The molecule has 34 heavy (non-hydrogen) atoms. The van der Waals surface area contributed by atoms with Gasteiger partial charge >= 0.3 is 0 Å². The predicted octanol–water partition coefficient (Wildman–Crippen LogP) is 4.09. The van der Waals surface area contributed by atoms with Gasteiger partial charge in [0, 0.05) is 23.7 Å². The number of nitrogens with zero attached hydrogens (tertiary/aromatic N) is 2. The van der Waals surface area contributed by atoms with Crippen LogP contribution < -0.4 is 9.62 Å². The van der Waals surface area contributed by atoms with E-state index >= 15 is 0 Å². The van der Waals surface area contributed by atoms with Gasteiger partial charge in [0.2, 0.25) is 21.8 Å². The van der Waals surface area contributed by atoms with Gasteiger partial charge in [0.15, 0.2) is 0 Å². The highest BCUT2D eigenvalue weighted by Gasteiger charge is 2.31. The van der Waals surface area contributed by atoms with Crippen molar-refractivity contribution in [2.24, 2.45) is 5.92 Å². The number of amides is 2. The van der Waals surface area contributed by atoms with Gasteiger partial charge in [-0.2, -0.15) is 0 Å². The fourth-order valence-electron chi connectivity index (χ4n) is 3.12. The Morgan fingerprint density at radius 3 is 2.29 bits per heavy atom. The van der Waals surface area contributed by atoms with E-state index in [0.29, 0.717) is 11.6 Å². The van der Waals surface area contributed by atoms with Gasteiger partial charge in [-0.3, -0.25) is 13.9 Å². The summed E-state index contributed by atoms with van der Waals surface area (Å²) in [5, 5.41) is 3.09.